The maximum absolute atomic E-state index is 12.3. The third-order valence-electron chi connectivity index (χ3n) is 5.15. The number of fused-ring (bicyclic) bond motifs is 1. The Kier molecular flexibility index (Phi) is 6.96. The van der Waals surface area contributed by atoms with E-state index in [9.17, 15) is 4.79 Å². The molecule has 0 aliphatic carbocycles. The van der Waals surface area contributed by atoms with E-state index < -0.39 is 0 Å². The Balaban J connectivity index is 1.61. The van der Waals surface area contributed by atoms with E-state index in [2.05, 4.69) is 42.9 Å². The van der Waals surface area contributed by atoms with Gasteiger partial charge in [0, 0.05) is 49.1 Å². The maximum Gasteiger partial charge on any atom is 0.251 e. The van der Waals surface area contributed by atoms with Crippen LogP contribution in [0.15, 0.2) is 49.1 Å². The quantitative estimate of drug-likeness (QED) is 0.400. The first-order valence-corrected chi connectivity index (χ1v) is 12.4. The van der Waals surface area contributed by atoms with Crippen LogP contribution in [0, 0.1) is 6.92 Å². The van der Waals surface area contributed by atoms with Gasteiger partial charge >= 0.3 is 0 Å². The molecule has 0 aliphatic heterocycles. The number of hydrogen-bond donors (Lipinski definition) is 2. The Hall–Kier alpha value is -3.04. The molecule has 7 nitrogen and oxygen atoms in total. The van der Waals surface area contributed by atoms with Crippen LogP contribution < -0.4 is 10.6 Å². The smallest absolute Gasteiger partial charge is 0.251 e. The summed E-state index contributed by atoms with van der Waals surface area (Å²) in [5.74, 6) is 1.75. The largest absolute Gasteiger partial charge is 0.369 e. The number of thiazole rings is 1. The van der Waals surface area contributed by atoms with Crippen LogP contribution >= 0.6 is 23.1 Å². The first-order chi connectivity index (χ1) is 15.6. The molecule has 0 radical (unpaired) electrons. The van der Waals surface area contributed by atoms with Gasteiger partial charge in [0.05, 0.1) is 26.7 Å². The molecule has 0 bridgehead atoms. The molecule has 3 aromatic heterocycles. The molecule has 0 saturated carbocycles. The molecule has 4 rings (SSSR count). The van der Waals surface area contributed by atoms with Crippen molar-refractivity contribution >= 4 is 45.7 Å². The van der Waals surface area contributed by atoms with E-state index in [-0.39, 0.29) is 11.8 Å². The number of rotatable bonds is 8. The molecular weight excluding hydrogens is 440 g/mol. The zero-order valence-electron chi connectivity index (χ0n) is 18.1. The van der Waals surface area contributed by atoms with Crippen molar-refractivity contribution in [1.82, 2.24) is 25.3 Å². The van der Waals surface area contributed by atoms with Gasteiger partial charge < -0.3 is 10.6 Å². The number of para-hydroxylation sites is 1. The number of aryl methyl sites for hydroxylation is 1. The molecule has 1 unspecified atom stereocenters. The SMILES string of the molecule is CNC(=O)c1ccnc2c(C(CNc3cc(-c4cnc(C)s4)ncn3)CSC)cccc12. The van der Waals surface area contributed by atoms with Crippen LogP contribution in [0.5, 0.6) is 0 Å². The van der Waals surface area contributed by atoms with Crippen molar-refractivity contribution in [1.29, 1.82) is 0 Å². The Labute approximate surface area is 195 Å². The molecule has 0 spiro atoms. The lowest BCUT2D eigenvalue weighted by Gasteiger charge is -2.19. The number of aromatic nitrogens is 4. The van der Waals surface area contributed by atoms with Crippen LogP contribution in [0.3, 0.4) is 0 Å². The van der Waals surface area contributed by atoms with Gasteiger partial charge in [-0.25, -0.2) is 15.0 Å². The Bertz CT molecular complexity index is 1240. The van der Waals surface area contributed by atoms with Crippen molar-refractivity contribution in [3.05, 3.63) is 65.2 Å². The third kappa shape index (κ3) is 4.73. The van der Waals surface area contributed by atoms with E-state index in [1.807, 2.05) is 31.3 Å². The van der Waals surface area contributed by atoms with Crippen LogP contribution in [0.4, 0.5) is 5.82 Å². The van der Waals surface area contributed by atoms with Gasteiger partial charge in [0.1, 0.15) is 12.1 Å². The molecule has 3 heterocycles. The van der Waals surface area contributed by atoms with E-state index in [1.165, 1.54) is 0 Å². The molecule has 9 heteroatoms. The van der Waals surface area contributed by atoms with Gasteiger partial charge in [0.15, 0.2) is 0 Å². The van der Waals surface area contributed by atoms with E-state index in [0.717, 1.165) is 43.6 Å². The van der Waals surface area contributed by atoms with Crippen LogP contribution in [-0.2, 0) is 0 Å². The van der Waals surface area contributed by atoms with Gasteiger partial charge in [0.2, 0.25) is 0 Å². The van der Waals surface area contributed by atoms with Gasteiger partial charge in [-0.1, -0.05) is 18.2 Å². The number of benzene rings is 1. The van der Waals surface area contributed by atoms with Crippen molar-refractivity contribution < 1.29 is 4.79 Å². The molecular formula is C23H24N6OS2. The zero-order valence-corrected chi connectivity index (χ0v) is 19.8. The molecule has 2 N–H and O–H groups in total. The number of nitrogens with one attached hydrogen (secondary N) is 2. The summed E-state index contributed by atoms with van der Waals surface area (Å²) in [4.78, 5) is 31.1. The van der Waals surface area contributed by atoms with Gasteiger partial charge in [-0.2, -0.15) is 11.8 Å². The Morgan fingerprint density at radius 3 is 2.81 bits per heavy atom. The van der Waals surface area contributed by atoms with Crippen LogP contribution in [0.25, 0.3) is 21.5 Å². The number of pyridine rings is 1. The highest BCUT2D eigenvalue weighted by Crippen LogP contribution is 2.29. The van der Waals surface area contributed by atoms with Crippen molar-refractivity contribution in [3.8, 4) is 10.6 Å². The van der Waals surface area contributed by atoms with Gasteiger partial charge in [-0.15, -0.1) is 11.3 Å². The van der Waals surface area contributed by atoms with Crippen LogP contribution in [0.2, 0.25) is 0 Å². The predicted molar refractivity (Wildman–Crippen MR) is 133 cm³/mol. The van der Waals surface area contributed by atoms with E-state index in [4.69, 9.17) is 0 Å². The van der Waals surface area contributed by atoms with Crippen molar-refractivity contribution in [2.75, 3.05) is 30.9 Å². The van der Waals surface area contributed by atoms with Crippen molar-refractivity contribution in [2.45, 2.75) is 12.8 Å². The third-order valence-corrected chi connectivity index (χ3v) is 6.82. The first-order valence-electron chi connectivity index (χ1n) is 10.2. The standard InChI is InChI=1S/C23H24N6OS2/c1-14-26-11-20(32-14)19-9-21(29-13-28-19)27-10-15(12-31-3)16-5-4-6-17-18(23(30)24-2)7-8-25-22(16)17/h4-9,11,13,15H,10,12H2,1-3H3,(H,24,30)(H,27,28,29). The van der Waals surface area contributed by atoms with Crippen molar-refractivity contribution in [3.63, 3.8) is 0 Å². The van der Waals surface area contributed by atoms with Gasteiger partial charge in [-0.3, -0.25) is 9.78 Å². The second-order valence-electron chi connectivity index (χ2n) is 7.25. The number of thioether (sulfide) groups is 1. The van der Waals surface area contributed by atoms with Gasteiger partial charge in [-0.05, 0) is 24.8 Å². The Morgan fingerprint density at radius 2 is 2.06 bits per heavy atom. The fourth-order valence-electron chi connectivity index (χ4n) is 3.62. The first kappa shape index (κ1) is 22.2. The summed E-state index contributed by atoms with van der Waals surface area (Å²) in [7, 11) is 1.64. The highest BCUT2D eigenvalue weighted by molar-refractivity contribution is 7.98. The summed E-state index contributed by atoms with van der Waals surface area (Å²) >= 11 is 3.39. The molecule has 0 aliphatic rings. The minimum atomic E-state index is -0.110. The van der Waals surface area contributed by atoms with Crippen molar-refractivity contribution in [2.24, 2.45) is 0 Å². The summed E-state index contributed by atoms with van der Waals surface area (Å²) in [6.45, 7) is 2.67. The van der Waals surface area contributed by atoms with E-state index in [0.29, 0.717) is 12.1 Å². The molecule has 0 fully saturated rings. The lowest BCUT2D eigenvalue weighted by molar-refractivity contribution is 0.0964. The average molecular weight is 465 g/mol. The molecule has 32 heavy (non-hydrogen) atoms. The number of hydrogen-bond acceptors (Lipinski definition) is 8. The topological polar surface area (TPSA) is 92.7 Å². The maximum atomic E-state index is 12.3. The number of nitrogens with zero attached hydrogens (tertiary/aromatic N) is 4. The number of anilines is 1. The zero-order chi connectivity index (χ0) is 22.5. The Morgan fingerprint density at radius 1 is 1.19 bits per heavy atom. The summed E-state index contributed by atoms with van der Waals surface area (Å²) in [6.07, 6.45) is 7.21. The summed E-state index contributed by atoms with van der Waals surface area (Å²) in [6, 6.07) is 9.75. The summed E-state index contributed by atoms with van der Waals surface area (Å²) < 4.78 is 0. The number of carbonyl (C=O) groups excluding carboxylic acids is 1. The molecule has 164 valence electrons. The lowest BCUT2D eigenvalue weighted by atomic mass is 9.96. The number of amides is 1. The monoisotopic (exact) mass is 464 g/mol. The predicted octanol–water partition coefficient (Wildman–Crippen LogP) is 4.38. The average Bonchev–Trinajstić information content (AvgIpc) is 3.27. The van der Waals surface area contributed by atoms with Crippen LogP contribution in [-0.4, -0.2) is 51.4 Å². The molecule has 1 amide bonds. The number of carbonyl (C=O) groups is 1. The molecule has 4 aromatic rings. The highest BCUT2D eigenvalue weighted by atomic mass is 32.2. The molecule has 0 saturated heterocycles. The van der Waals surface area contributed by atoms with Gasteiger partial charge in [0.25, 0.3) is 5.91 Å². The molecule has 1 atom stereocenters. The second kappa shape index (κ2) is 10.1. The molecule has 1 aromatic carbocycles. The highest BCUT2D eigenvalue weighted by Gasteiger charge is 2.18. The normalized spacial score (nSPS) is 12.0. The lowest BCUT2D eigenvalue weighted by Crippen LogP contribution is -2.19. The minimum Gasteiger partial charge on any atom is -0.369 e. The second-order valence-corrected chi connectivity index (χ2v) is 9.39. The summed E-state index contributed by atoms with van der Waals surface area (Å²) in [5, 5.41) is 8.05. The fourth-order valence-corrected chi connectivity index (χ4v) is 5.06. The minimum absolute atomic E-state index is 0.110. The van der Waals surface area contributed by atoms with Crippen LogP contribution in [0.1, 0.15) is 26.8 Å². The summed E-state index contributed by atoms with van der Waals surface area (Å²) in [5.41, 5.74) is 3.47. The van der Waals surface area contributed by atoms with E-state index in [1.54, 1.807) is 48.7 Å². The van der Waals surface area contributed by atoms with E-state index >= 15 is 0 Å². The fraction of sp³-hybridized carbons (Fsp3) is 0.261.